The van der Waals surface area contributed by atoms with Gasteiger partial charge in [-0.3, -0.25) is 14.9 Å². The molecule has 0 spiro atoms. The average molecular weight is 454 g/mol. The van der Waals surface area contributed by atoms with Crippen LogP contribution in [0.1, 0.15) is 5.56 Å². The van der Waals surface area contributed by atoms with Gasteiger partial charge in [0.25, 0.3) is 11.6 Å². The van der Waals surface area contributed by atoms with Gasteiger partial charge in [-0.15, -0.1) is 0 Å². The van der Waals surface area contributed by atoms with Crippen LogP contribution in [0.25, 0.3) is 6.08 Å². The van der Waals surface area contributed by atoms with E-state index in [-0.39, 0.29) is 27.0 Å². The normalized spacial score (nSPS) is 10.8. The number of nitrogens with zero attached hydrogens (tertiary/aromatic N) is 2. The number of halogens is 2. The molecule has 7 nitrogen and oxygen atoms in total. The first-order chi connectivity index (χ1) is 14.9. The van der Waals surface area contributed by atoms with E-state index in [9.17, 15) is 20.2 Å². The molecule has 31 heavy (non-hydrogen) atoms. The molecule has 0 fully saturated rings. The standard InChI is InChI=1S/C22H13Cl2N3O4/c23-19-11-16(27(29)30)12-20(24)21(19)26-22(28)15(13-25)9-14-5-4-8-18(10-14)31-17-6-2-1-3-7-17/h1-12H,(H,26,28)/b15-9+. The number of hydrogen-bond donors (Lipinski definition) is 1. The minimum atomic E-state index is -0.769. The van der Waals surface area contributed by atoms with Crippen molar-refractivity contribution in [3.05, 3.63) is 98.0 Å². The fourth-order valence-corrected chi connectivity index (χ4v) is 3.14. The van der Waals surface area contributed by atoms with Crippen LogP contribution < -0.4 is 10.1 Å². The van der Waals surface area contributed by atoms with Gasteiger partial charge in [-0.05, 0) is 35.9 Å². The highest BCUT2D eigenvalue weighted by Crippen LogP contribution is 2.35. The summed E-state index contributed by atoms with van der Waals surface area (Å²) in [5.41, 5.74) is -0.0103. The number of nitro groups is 1. The van der Waals surface area contributed by atoms with E-state index in [0.29, 0.717) is 17.1 Å². The number of carbonyl (C=O) groups is 1. The van der Waals surface area contributed by atoms with Crippen molar-refractivity contribution in [2.24, 2.45) is 0 Å². The Morgan fingerprint density at radius 3 is 2.29 bits per heavy atom. The molecular weight excluding hydrogens is 441 g/mol. The number of non-ortho nitro benzene ring substituents is 1. The third-order valence-electron chi connectivity index (χ3n) is 3.99. The van der Waals surface area contributed by atoms with Crippen molar-refractivity contribution in [2.75, 3.05) is 5.32 Å². The number of benzene rings is 3. The summed E-state index contributed by atoms with van der Waals surface area (Å²) >= 11 is 12.0. The fraction of sp³-hybridized carbons (Fsp3) is 0. The van der Waals surface area contributed by atoms with Crippen molar-refractivity contribution in [3.8, 4) is 17.6 Å². The second-order valence-corrected chi connectivity index (χ2v) is 6.97. The number of hydrogen-bond acceptors (Lipinski definition) is 5. The van der Waals surface area contributed by atoms with E-state index in [2.05, 4.69) is 5.32 Å². The molecule has 0 aliphatic rings. The molecule has 0 atom stereocenters. The van der Waals surface area contributed by atoms with Crippen LogP contribution in [0.3, 0.4) is 0 Å². The lowest BCUT2D eigenvalue weighted by atomic mass is 10.1. The molecule has 1 N–H and O–H groups in total. The molecule has 154 valence electrons. The SMILES string of the molecule is N#C/C(=C\c1cccc(Oc2ccccc2)c1)C(=O)Nc1c(Cl)cc([N+](=O)[O-])cc1Cl. The molecular formula is C22H13Cl2N3O4. The molecule has 9 heteroatoms. The van der Waals surface area contributed by atoms with E-state index >= 15 is 0 Å². The zero-order valence-electron chi connectivity index (χ0n) is 15.7. The predicted molar refractivity (Wildman–Crippen MR) is 118 cm³/mol. The number of nitro benzene ring substituents is 1. The van der Waals surface area contributed by atoms with Crippen LogP contribution in [0.5, 0.6) is 11.5 Å². The average Bonchev–Trinajstić information content (AvgIpc) is 2.75. The maximum absolute atomic E-state index is 12.6. The second-order valence-electron chi connectivity index (χ2n) is 6.15. The van der Waals surface area contributed by atoms with E-state index in [0.717, 1.165) is 12.1 Å². The van der Waals surface area contributed by atoms with Crippen molar-refractivity contribution >= 4 is 46.6 Å². The Hall–Kier alpha value is -3.86. The van der Waals surface area contributed by atoms with Gasteiger partial charge in [-0.25, -0.2) is 0 Å². The van der Waals surface area contributed by atoms with Gasteiger partial charge < -0.3 is 10.1 Å². The third kappa shape index (κ3) is 5.60. The Morgan fingerprint density at radius 2 is 1.68 bits per heavy atom. The Balaban J connectivity index is 1.82. The molecule has 3 aromatic rings. The number of nitriles is 1. The molecule has 0 unspecified atom stereocenters. The molecule has 0 saturated carbocycles. The van der Waals surface area contributed by atoms with Gasteiger partial charge >= 0.3 is 0 Å². The minimum absolute atomic E-state index is 0.0266. The van der Waals surface area contributed by atoms with Gasteiger partial charge in [0.2, 0.25) is 0 Å². The Kier molecular flexibility index (Phi) is 6.88. The molecule has 0 aliphatic heterocycles. The highest BCUT2D eigenvalue weighted by atomic mass is 35.5. The summed E-state index contributed by atoms with van der Waals surface area (Å²) in [7, 11) is 0. The number of rotatable bonds is 6. The number of carbonyl (C=O) groups excluding carboxylic acids is 1. The summed E-state index contributed by atoms with van der Waals surface area (Å²) in [5.74, 6) is 0.401. The Labute approximate surface area is 187 Å². The van der Waals surface area contributed by atoms with Gasteiger partial charge in [0.15, 0.2) is 0 Å². The number of amides is 1. The van der Waals surface area contributed by atoms with E-state index < -0.39 is 10.8 Å². The first-order valence-electron chi connectivity index (χ1n) is 8.77. The number of ether oxygens (including phenoxy) is 1. The molecule has 0 aliphatic carbocycles. The van der Waals surface area contributed by atoms with Crippen LogP contribution >= 0.6 is 23.2 Å². The largest absolute Gasteiger partial charge is 0.457 e. The van der Waals surface area contributed by atoms with Crippen LogP contribution in [0.2, 0.25) is 10.0 Å². The van der Waals surface area contributed by atoms with Crippen LogP contribution in [0.15, 0.2) is 72.3 Å². The summed E-state index contributed by atoms with van der Waals surface area (Å²) in [4.78, 5) is 22.8. The number of nitrogens with one attached hydrogen (secondary N) is 1. The lowest BCUT2D eigenvalue weighted by Crippen LogP contribution is -2.14. The maximum Gasteiger partial charge on any atom is 0.272 e. The summed E-state index contributed by atoms with van der Waals surface area (Å²) in [5, 5.41) is 22.5. The van der Waals surface area contributed by atoms with Crippen molar-refractivity contribution in [1.29, 1.82) is 5.26 Å². The molecule has 3 aromatic carbocycles. The molecule has 0 radical (unpaired) electrons. The smallest absolute Gasteiger partial charge is 0.272 e. The van der Waals surface area contributed by atoms with Crippen molar-refractivity contribution in [1.82, 2.24) is 0 Å². The monoisotopic (exact) mass is 453 g/mol. The van der Waals surface area contributed by atoms with Gasteiger partial charge in [0, 0.05) is 12.1 Å². The molecule has 0 aromatic heterocycles. The quantitative estimate of drug-likeness (QED) is 0.205. The van der Waals surface area contributed by atoms with Gasteiger partial charge in [-0.2, -0.15) is 5.26 Å². The van der Waals surface area contributed by atoms with Gasteiger partial charge in [0.05, 0.1) is 20.7 Å². The summed E-state index contributed by atoms with van der Waals surface area (Å²) in [6.07, 6.45) is 1.38. The highest BCUT2D eigenvalue weighted by molar-refractivity contribution is 6.40. The summed E-state index contributed by atoms with van der Waals surface area (Å²) in [6.45, 7) is 0. The van der Waals surface area contributed by atoms with Gasteiger partial charge in [0.1, 0.15) is 23.1 Å². The number of anilines is 1. The fourth-order valence-electron chi connectivity index (χ4n) is 2.57. The van der Waals surface area contributed by atoms with Crippen LogP contribution in [-0.2, 0) is 4.79 Å². The predicted octanol–water partition coefficient (Wildman–Crippen LogP) is 6.24. The first-order valence-corrected chi connectivity index (χ1v) is 9.52. The Bertz CT molecular complexity index is 1200. The van der Waals surface area contributed by atoms with E-state index in [4.69, 9.17) is 27.9 Å². The first kappa shape index (κ1) is 21.8. The van der Waals surface area contributed by atoms with Crippen LogP contribution in [-0.4, -0.2) is 10.8 Å². The minimum Gasteiger partial charge on any atom is -0.457 e. The van der Waals surface area contributed by atoms with Crippen LogP contribution in [0, 0.1) is 21.4 Å². The maximum atomic E-state index is 12.6. The lowest BCUT2D eigenvalue weighted by molar-refractivity contribution is -0.384. The summed E-state index contributed by atoms with van der Waals surface area (Å²) < 4.78 is 5.75. The summed E-state index contributed by atoms with van der Waals surface area (Å²) in [6, 6.07) is 19.9. The van der Waals surface area contributed by atoms with E-state index in [1.165, 1.54) is 6.08 Å². The Morgan fingerprint density at radius 1 is 1.03 bits per heavy atom. The van der Waals surface area contributed by atoms with Crippen molar-refractivity contribution in [3.63, 3.8) is 0 Å². The molecule has 0 bridgehead atoms. The van der Waals surface area contributed by atoms with Gasteiger partial charge in [-0.1, -0.05) is 53.5 Å². The topological polar surface area (TPSA) is 105 Å². The number of para-hydroxylation sites is 1. The highest BCUT2D eigenvalue weighted by Gasteiger charge is 2.18. The molecule has 1 amide bonds. The van der Waals surface area contributed by atoms with Crippen molar-refractivity contribution in [2.45, 2.75) is 0 Å². The molecule has 0 heterocycles. The van der Waals surface area contributed by atoms with E-state index in [1.807, 2.05) is 24.3 Å². The van der Waals surface area contributed by atoms with Crippen LogP contribution in [0.4, 0.5) is 11.4 Å². The lowest BCUT2D eigenvalue weighted by Gasteiger charge is -2.09. The third-order valence-corrected chi connectivity index (χ3v) is 4.59. The second kappa shape index (κ2) is 9.76. The van der Waals surface area contributed by atoms with E-state index in [1.54, 1.807) is 36.4 Å². The zero-order chi connectivity index (χ0) is 22.4. The zero-order valence-corrected chi connectivity index (χ0v) is 17.2. The molecule has 0 saturated heterocycles. The molecule has 3 rings (SSSR count). The van der Waals surface area contributed by atoms with Crippen molar-refractivity contribution < 1.29 is 14.5 Å².